The van der Waals surface area contributed by atoms with E-state index in [1.807, 2.05) is 11.8 Å². The molecule has 2 rings (SSSR count). The molecule has 1 heterocycles. The van der Waals surface area contributed by atoms with Gasteiger partial charge in [-0.2, -0.15) is 0 Å². The Balaban J connectivity index is 1.92. The van der Waals surface area contributed by atoms with Crippen LogP contribution in [0.3, 0.4) is 0 Å². The molecule has 132 valence electrons. The highest BCUT2D eigenvalue weighted by Gasteiger charge is 2.24. The third kappa shape index (κ3) is 5.25. The highest BCUT2D eigenvalue weighted by Crippen LogP contribution is 2.22. The molecule has 0 aromatic heterocycles. The minimum absolute atomic E-state index is 0.0227. The van der Waals surface area contributed by atoms with E-state index in [9.17, 15) is 9.59 Å². The van der Waals surface area contributed by atoms with Gasteiger partial charge in [0.25, 0.3) is 0 Å². The molecule has 0 unspecified atom stereocenters. The second-order valence-corrected chi connectivity index (χ2v) is 7.05. The fourth-order valence-corrected chi connectivity index (χ4v) is 3.45. The summed E-state index contributed by atoms with van der Waals surface area (Å²) >= 11 is 0. The molecule has 5 heteroatoms. The molecule has 3 N–H and O–H groups in total. The molecule has 1 aliphatic heterocycles. The van der Waals surface area contributed by atoms with Crippen molar-refractivity contribution in [3.05, 3.63) is 34.9 Å². The van der Waals surface area contributed by atoms with Crippen LogP contribution in [-0.4, -0.2) is 29.9 Å². The van der Waals surface area contributed by atoms with Crippen LogP contribution in [0.1, 0.15) is 55.3 Å². The van der Waals surface area contributed by atoms with E-state index >= 15 is 0 Å². The molecular formula is C19H29N3O2. The SMILES string of the molecule is Cc1cc(C)cc([C@H](C)NC(=O)N2CCC[C@H](CCC(N)=O)C2)c1. The number of aryl methyl sites for hydroxylation is 2. The van der Waals surface area contributed by atoms with Crippen molar-refractivity contribution >= 4 is 11.9 Å². The first-order valence-electron chi connectivity index (χ1n) is 8.77. The molecule has 5 nitrogen and oxygen atoms in total. The van der Waals surface area contributed by atoms with Crippen molar-refractivity contribution in [3.8, 4) is 0 Å². The maximum atomic E-state index is 12.6. The fourth-order valence-electron chi connectivity index (χ4n) is 3.45. The third-order valence-corrected chi connectivity index (χ3v) is 4.69. The zero-order valence-corrected chi connectivity index (χ0v) is 15.0. The molecule has 1 fully saturated rings. The van der Waals surface area contributed by atoms with Crippen molar-refractivity contribution in [1.29, 1.82) is 0 Å². The third-order valence-electron chi connectivity index (χ3n) is 4.69. The number of rotatable bonds is 5. The summed E-state index contributed by atoms with van der Waals surface area (Å²) in [6.07, 6.45) is 3.21. The Bertz CT molecular complexity index is 580. The molecule has 1 saturated heterocycles. The summed E-state index contributed by atoms with van der Waals surface area (Å²) in [4.78, 5) is 25.4. The number of nitrogens with two attached hydrogens (primary N) is 1. The number of hydrogen-bond donors (Lipinski definition) is 2. The van der Waals surface area contributed by atoms with Crippen molar-refractivity contribution < 1.29 is 9.59 Å². The first kappa shape index (κ1) is 18.3. The van der Waals surface area contributed by atoms with Crippen LogP contribution in [0.2, 0.25) is 0 Å². The molecule has 24 heavy (non-hydrogen) atoms. The van der Waals surface area contributed by atoms with E-state index in [-0.39, 0.29) is 18.0 Å². The predicted octanol–water partition coefficient (Wildman–Crippen LogP) is 3.05. The normalized spacial score (nSPS) is 19.0. The van der Waals surface area contributed by atoms with E-state index in [1.54, 1.807) is 0 Å². The molecule has 0 bridgehead atoms. The summed E-state index contributed by atoms with van der Waals surface area (Å²) in [6.45, 7) is 7.63. The number of urea groups is 1. The van der Waals surface area contributed by atoms with Gasteiger partial charge in [-0.15, -0.1) is 0 Å². The van der Waals surface area contributed by atoms with Crippen LogP contribution < -0.4 is 11.1 Å². The lowest BCUT2D eigenvalue weighted by Crippen LogP contribution is -2.46. The maximum absolute atomic E-state index is 12.6. The summed E-state index contributed by atoms with van der Waals surface area (Å²) in [6, 6.07) is 6.31. The number of amides is 3. The van der Waals surface area contributed by atoms with Crippen LogP contribution >= 0.6 is 0 Å². The van der Waals surface area contributed by atoms with Crippen molar-refractivity contribution in [2.24, 2.45) is 11.7 Å². The lowest BCUT2D eigenvalue weighted by molar-refractivity contribution is -0.118. The summed E-state index contributed by atoms with van der Waals surface area (Å²) in [7, 11) is 0. The Labute approximate surface area is 144 Å². The van der Waals surface area contributed by atoms with Gasteiger partial charge in [-0.1, -0.05) is 29.3 Å². The van der Waals surface area contributed by atoms with Crippen molar-refractivity contribution in [2.45, 2.75) is 52.5 Å². The monoisotopic (exact) mass is 331 g/mol. The molecule has 0 radical (unpaired) electrons. The standard InChI is InChI=1S/C19H29N3O2/c1-13-9-14(2)11-17(10-13)15(3)21-19(24)22-8-4-5-16(12-22)6-7-18(20)23/h9-11,15-16H,4-8,12H2,1-3H3,(H2,20,23)(H,21,24)/t15-,16+/m0/s1. The quantitative estimate of drug-likeness (QED) is 0.870. The van der Waals surface area contributed by atoms with E-state index in [2.05, 4.69) is 37.4 Å². The van der Waals surface area contributed by atoms with Crippen LogP contribution in [0.15, 0.2) is 18.2 Å². The molecule has 2 atom stereocenters. The lowest BCUT2D eigenvalue weighted by atomic mass is 9.93. The van der Waals surface area contributed by atoms with Gasteiger partial charge < -0.3 is 16.0 Å². The van der Waals surface area contributed by atoms with Gasteiger partial charge in [0.05, 0.1) is 6.04 Å². The van der Waals surface area contributed by atoms with Gasteiger partial charge in [-0.3, -0.25) is 4.79 Å². The number of piperidine rings is 1. The summed E-state index contributed by atoms with van der Waals surface area (Å²) in [5, 5.41) is 3.10. The van der Waals surface area contributed by atoms with Gasteiger partial charge >= 0.3 is 6.03 Å². The highest BCUT2D eigenvalue weighted by molar-refractivity contribution is 5.75. The number of nitrogens with zero attached hydrogens (tertiary/aromatic N) is 1. The van der Waals surface area contributed by atoms with E-state index in [0.29, 0.717) is 18.9 Å². The van der Waals surface area contributed by atoms with E-state index in [0.717, 1.165) is 31.4 Å². The van der Waals surface area contributed by atoms with Gasteiger partial charge in [0.15, 0.2) is 0 Å². The number of carbonyl (C=O) groups excluding carboxylic acids is 2. The topological polar surface area (TPSA) is 75.4 Å². The second-order valence-electron chi connectivity index (χ2n) is 7.05. The van der Waals surface area contributed by atoms with E-state index < -0.39 is 0 Å². The molecule has 1 aromatic carbocycles. The molecule has 0 aliphatic carbocycles. The number of benzene rings is 1. The smallest absolute Gasteiger partial charge is 0.317 e. The average molecular weight is 331 g/mol. The van der Waals surface area contributed by atoms with Crippen LogP contribution in [0.25, 0.3) is 0 Å². The van der Waals surface area contributed by atoms with Gasteiger partial charge in [0, 0.05) is 19.5 Å². The van der Waals surface area contributed by atoms with Gasteiger partial charge in [-0.25, -0.2) is 4.79 Å². The lowest BCUT2D eigenvalue weighted by Gasteiger charge is -2.33. The Morgan fingerprint density at radius 3 is 2.58 bits per heavy atom. The van der Waals surface area contributed by atoms with Gasteiger partial charge in [0.1, 0.15) is 0 Å². The zero-order valence-electron chi connectivity index (χ0n) is 15.0. The van der Waals surface area contributed by atoms with Gasteiger partial charge in [-0.05, 0) is 51.5 Å². The Morgan fingerprint density at radius 1 is 1.29 bits per heavy atom. The van der Waals surface area contributed by atoms with E-state index in [1.165, 1.54) is 11.1 Å². The number of nitrogens with one attached hydrogen (secondary N) is 1. The zero-order chi connectivity index (χ0) is 17.7. The first-order valence-corrected chi connectivity index (χ1v) is 8.77. The summed E-state index contributed by atoms with van der Waals surface area (Å²) in [5.74, 6) is 0.105. The van der Waals surface area contributed by atoms with Crippen molar-refractivity contribution in [1.82, 2.24) is 10.2 Å². The number of primary amides is 1. The Kier molecular flexibility index (Phi) is 6.23. The van der Waals surface area contributed by atoms with Crippen LogP contribution in [0.5, 0.6) is 0 Å². The molecule has 0 spiro atoms. The number of likely N-dealkylation sites (tertiary alicyclic amines) is 1. The number of hydrogen-bond acceptors (Lipinski definition) is 2. The van der Waals surface area contributed by atoms with Crippen LogP contribution in [0, 0.1) is 19.8 Å². The van der Waals surface area contributed by atoms with E-state index in [4.69, 9.17) is 5.73 Å². The molecule has 1 aliphatic rings. The molecular weight excluding hydrogens is 302 g/mol. The summed E-state index contributed by atoms with van der Waals surface area (Å²) < 4.78 is 0. The van der Waals surface area contributed by atoms with Gasteiger partial charge in [0.2, 0.25) is 5.91 Å². The first-order chi connectivity index (χ1) is 11.3. The van der Waals surface area contributed by atoms with Crippen molar-refractivity contribution in [2.75, 3.05) is 13.1 Å². The molecule has 3 amide bonds. The molecule has 0 saturated carbocycles. The van der Waals surface area contributed by atoms with Crippen LogP contribution in [-0.2, 0) is 4.79 Å². The minimum Gasteiger partial charge on any atom is -0.370 e. The second kappa shape index (κ2) is 8.18. The largest absolute Gasteiger partial charge is 0.370 e. The van der Waals surface area contributed by atoms with Crippen molar-refractivity contribution in [3.63, 3.8) is 0 Å². The number of carbonyl (C=O) groups is 2. The fraction of sp³-hybridized carbons (Fsp3) is 0.579. The Morgan fingerprint density at radius 2 is 1.96 bits per heavy atom. The minimum atomic E-state index is -0.264. The predicted molar refractivity (Wildman–Crippen MR) is 95.6 cm³/mol. The highest BCUT2D eigenvalue weighted by atomic mass is 16.2. The molecule has 1 aromatic rings. The average Bonchev–Trinajstić information content (AvgIpc) is 2.52. The Hall–Kier alpha value is -2.04. The van der Waals surface area contributed by atoms with Crippen LogP contribution in [0.4, 0.5) is 4.79 Å². The maximum Gasteiger partial charge on any atom is 0.317 e. The summed E-state index contributed by atoms with van der Waals surface area (Å²) in [5.41, 5.74) is 8.76.